The summed E-state index contributed by atoms with van der Waals surface area (Å²) >= 11 is 0. The maximum Gasteiger partial charge on any atom is 0.472 e. The lowest BCUT2D eigenvalue weighted by molar-refractivity contribution is -0.870. The summed E-state index contributed by atoms with van der Waals surface area (Å²) in [5, 5.41) is 0. The van der Waals surface area contributed by atoms with E-state index >= 15 is 0 Å². The first kappa shape index (κ1) is 86.9. The van der Waals surface area contributed by atoms with Gasteiger partial charge in [-0.15, -0.1) is 0 Å². The van der Waals surface area contributed by atoms with E-state index in [1.54, 1.807) is 0 Å². The predicted molar refractivity (Wildman–Crippen MR) is 390 cm³/mol. The number of ether oxygens (including phenoxy) is 2. The lowest BCUT2D eigenvalue weighted by Crippen LogP contribution is -2.37. The van der Waals surface area contributed by atoms with Crippen LogP contribution >= 0.6 is 7.82 Å². The van der Waals surface area contributed by atoms with E-state index in [1.807, 2.05) is 21.1 Å². The van der Waals surface area contributed by atoms with E-state index in [-0.39, 0.29) is 25.6 Å². The minimum atomic E-state index is -4.39. The van der Waals surface area contributed by atoms with Crippen LogP contribution in [0.4, 0.5) is 0 Å². The van der Waals surface area contributed by atoms with Gasteiger partial charge in [0.15, 0.2) is 6.10 Å². The molecule has 2 unspecified atom stereocenters. The van der Waals surface area contributed by atoms with Crippen molar-refractivity contribution in [2.24, 2.45) is 0 Å². The van der Waals surface area contributed by atoms with Crippen LogP contribution in [0.15, 0.2) is 97.2 Å². The first-order valence-electron chi connectivity index (χ1n) is 38.0. The van der Waals surface area contributed by atoms with Gasteiger partial charge in [0.2, 0.25) is 0 Å². The number of nitrogens with zero attached hydrogens (tertiary/aromatic N) is 1. The first-order chi connectivity index (χ1) is 44.0. The van der Waals surface area contributed by atoms with Gasteiger partial charge in [-0.2, -0.15) is 0 Å². The number of phosphoric ester groups is 1. The fraction of sp³-hybridized carbons (Fsp3) is 0.775. The van der Waals surface area contributed by atoms with E-state index in [2.05, 4.69) is 111 Å². The van der Waals surface area contributed by atoms with E-state index in [4.69, 9.17) is 18.5 Å². The van der Waals surface area contributed by atoms with Crippen LogP contribution in [-0.2, 0) is 32.7 Å². The van der Waals surface area contributed by atoms with Gasteiger partial charge in [-0.3, -0.25) is 18.6 Å². The second-order valence-corrected chi connectivity index (χ2v) is 28.1. The van der Waals surface area contributed by atoms with Crippen LogP contribution in [0, 0.1) is 0 Å². The van der Waals surface area contributed by atoms with Gasteiger partial charge in [0.25, 0.3) is 0 Å². The zero-order valence-corrected chi connectivity index (χ0v) is 60.5. The monoisotopic (exact) mass is 1280 g/mol. The van der Waals surface area contributed by atoms with E-state index < -0.39 is 26.5 Å². The van der Waals surface area contributed by atoms with Crippen molar-refractivity contribution in [1.82, 2.24) is 0 Å². The van der Waals surface area contributed by atoms with Crippen LogP contribution in [0.5, 0.6) is 0 Å². The van der Waals surface area contributed by atoms with Crippen LogP contribution in [0.2, 0.25) is 0 Å². The Hall–Kier alpha value is -3.07. The minimum Gasteiger partial charge on any atom is -0.462 e. The van der Waals surface area contributed by atoms with Crippen molar-refractivity contribution in [2.45, 2.75) is 354 Å². The third-order valence-corrected chi connectivity index (χ3v) is 17.6. The lowest BCUT2D eigenvalue weighted by atomic mass is 10.0. The van der Waals surface area contributed by atoms with Crippen LogP contribution in [0.3, 0.4) is 0 Å². The van der Waals surface area contributed by atoms with Crippen LogP contribution in [-0.4, -0.2) is 74.9 Å². The molecule has 0 aliphatic heterocycles. The van der Waals surface area contributed by atoms with Crippen LogP contribution in [0.25, 0.3) is 0 Å². The van der Waals surface area contributed by atoms with Gasteiger partial charge in [0.1, 0.15) is 19.8 Å². The average molecular weight is 1280 g/mol. The zero-order chi connectivity index (χ0) is 65.5. The van der Waals surface area contributed by atoms with Crippen molar-refractivity contribution in [1.29, 1.82) is 0 Å². The minimum absolute atomic E-state index is 0.0315. The van der Waals surface area contributed by atoms with Gasteiger partial charge in [0, 0.05) is 12.8 Å². The van der Waals surface area contributed by atoms with Crippen molar-refractivity contribution in [2.75, 3.05) is 47.5 Å². The maximum absolute atomic E-state index is 12.9. The third kappa shape index (κ3) is 74.0. The molecular formula is C80H145NO8P+. The number of hydrogen-bond acceptors (Lipinski definition) is 7. The van der Waals surface area contributed by atoms with E-state index in [0.717, 1.165) is 77.0 Å². The van der Waals surface area contributed by atoms with Crippen LogP contribution < -0.4 is 0 Å². The molecule has 0 aromatic carbocycles. The highest BCUT2D eigenvalue weighted by molar-refractivity contribution is 7.47. The summed E-state index contributed by atoms with van der Waals surface area (Å²) in [5.41, 5.74) is 0. The highest BCUT2D eigenvalue weighted by Crippen LogP contribution is 2.43. The molecule has 522 valence electrons. The highest BCUT2D eigenvalue weighted by atomic mass is 31.2. The number of rotatable bonds is 70. The molecule has 0 rings (SSSR count). The molecule has 0 aromatic rings. The molecule has 0 amide bonds. The van der Waals surface area contributed by atoms with Crippen molar-refractivity contribution >= 4 is 19.8 Å². The Bertz CT molecular complexity index is 1840. The van der Waals surface area contributed by atoms with E-state index in [0.29, 0.717) is 23.9 Å². The average Bonchev–Trinajstić information content (AvgIpc) is 3.62. The quantitative estimate of drug-likeness (QED) is 0.0211. The molecule has 0 spiro atoms. The Kier molecular flexibility index (Phi) is 67.9. The number of quaternary nitrogens is 1. The molecule has 0 aliphatic carbocycles. The number of allylic oxidation sites excluding steroid dienone is 16. The van der Waals surface area contributed by atoms with Gasteiger partial charge >= 0.3 is 19.8 Å². The summed E-state index contributed by atoms with van der Waals surface area (Å²) in [7, 11) is 1.49. The smallest absolute Gasteiger partial charge is 0.462 e. The van der Waals surface area contributed by atoms with Crippen molar-refractivity contribution in [3.63, 3.8) is 0 Å². The molecule has 0 heterocycles. The fourth-order valence-corrected chi connectivity index (χ4v) is 11.6. The van der Waals surface area contributed by atoms with Gasteiger partial charge in [-0.1, -0.05) is 336 Å². The summed E-state index contributed by atoms with van der Waals surface area (Å²) in [4.78, 5) is 35.9. The molecule has 0 aliphatic rings. The molecule has 0 saturated carbocycles. The number of esters is 2. The van der Waals surface area contributed by atoms with Crippen molar-refractivity contribution < 1.29 is 42.1 Å². The molecule has 90 heavy (non-hydrogen) atoms. The molecule has 0 saturated heterocycles. The number of likely N-dealkylation sites (N-methyl/N-ethyl adjacent to an activating group) is 1. The van der Waals surface area contributed by atoms with Crippen molar-refractivity contribution in [3.8, 4) is 0 Å². The first-order valence-corrected chi connectivity index (χ1v) is 39.5. The Morgan fingerprint density at radius 3 is 0.956 bits per heavy atom. The van der Waals surface area contributed by atoms with Crippen LogP contribution in [0.1, 0.15) is 348 Å². The highest BCUT2D eigenvalue weighted by Gasteiger charge is 2.27. The summed E-state index contributed by atoms with van der Waals surface area (Å²) in [6, 6.07) is 0. The largest absolute Gasteiger partial charge is 0.472 e. The molecule has 9 nitrogen and oxygen atoms in total. The van der Waals surface area contributed by atoms with Gasteiger partial charge in [0.05, 0.1) is 27.7 Å². The molecular weight excluding hydrogens is 1130 g/mol. The second kappa shape index (κ2) is 70.3. The van der Waals surface area contributed by atoms with Gasteiger partial charge in [-0.05, 0) is 96.3 Å². The Labute approximate surface area is 557 Å². The van der Waals surface area contributed by atoms with Crippen molar-refractivity contribution in [3.05, 3.63) is 97.2 Å². The normalized spacial score (nSPS) is 13.6. The summed E-state index contributed by atoms with van der Waals surface area (Å²) in [6.07, 6.45) is 98.2. The standard InChI is InChI=1S/C80H144NO8P/c1-6-8-10-12-14-16-18-20-22-24-26-28-30-32-33-34-35-36-37-38-39-40-41-42-43-44-45-46-47-49-51-53-55-57-59-61-63-65-67-69-71-73-80(83)89-78(77-88-90(84,85)87-75-74-81(3,4)5)76-86-79(82)72-70-68-66-64-62-60-58-56-54-52-50-48-31-29-27-25-23-21-19-17-15-13-11-9-7-2/h8,10,14,16,20,22,25-28,32-33,35-36,38-39,78H,6-7,9,11-13,15,17-19,21,23-24,29-31,34,37,40-77H2,1-5H3/p+1/b10-8-,16-14-,22-20-,27-25-,28-26-,33-32-,36-35-,39-38-. The third-order valence-electron chi connectivity index (χ3n) is 16.6. The molecule has 0 fully saturated rings. The molecule has 0 aromatic heterocycles. The molecule has 1 N–H and O–H groups in total. The maximum atomic E-state index is 12.9. The summed E-state index contributed by atoms with van der Waals surface area (Å²) < 4.78 is 34.8. The summed E-state index contributed by atoms with van der Waals surface area (Å²) in [5.74, 6) is -0.783. The SMILES string of the molecule is CC/C=C\C/C=C\C/C=C\C/C=C\C/C=C\C/C=C\C/C=C\CCCCCCCCCCCCCCCCCCCCCC(=O)OC(COC(=O)CCCCCCCCCCCCCCC/C=C\CCCCCCCCCC)COP(=O)(O)OCC[N+](C)(C)C. The number of carbonyl (C=O) groups is 2. The number of hydrogen-bond donors (Lipinski definition) is 1. The molecule has 0 radical (unpaired) electrons. The number of carbonyl (C=O) groups excluding carboxylic acids is 2. The predicted octanol–water partition coefficient (Wildman–Crippen LogP) is 25.1. The number of unbranched alkanes of at least 4 members (excludes halogenated alkanes) is 40. The topological polar surface area (TPSA) is 108 Å². The molecule has 0 bridgehead atoms. The van der Waals surface area contributed by atoms with E-state index in [1.165, 1.54) is 238 Å². The summed E-state index contributed by atoms with van der Waals surface area (Å²) in [6.45, 7) is 4.37. The lowest BCUT2D eigenvalue weighted by Gasteiger charge is -2.24. The van der Waals surface area contributed by atoms with E-state index in [9.17, 15) is 19.0 Å². The molecule has 2 atom stereocenters. The Balaban J connectivity index is 3.96. The fourth-order valence-electron chi connectivity index (χ4n) is 10.8. The Morgan fingerprint density at radius 1 is 0.356 bits per heavy atom. The number of phosphoric acid groups is 1. The second-order valence-electron chi connectivity index (χ2n) is 26.7. The molecule has 10 heteroatoms. The Morgan fingerprint density at radius 2 is 0.633 bits per heavy atom. The van der Waals surface area contributed by atoms with Gasteiger partial charge in [-0.25, -0.2) is 4.57 Å². The van der Waals surface area contributed by atoms with Gasteiger partial charge < -0.3 is 18.9 Å². The zero-order valence-electron chi connectivity index (χ0n) is 59.6.